The van der Waals surface area contributed by atoms with Gasteiger partial charge in [0.1, 0.15) is 5.75 Å². The van der Waals surface area contributed by atoms with Crippen LogP contribution < -0.4 is 5.32 Å². The minimum absolute atomic E-state index is 0.201. The van der Waals surface area contributed by atoms with Gasteiger partial charge in [-0.1, -0.05) is 57.4 Å². The molecular formula is C23H29NO3. The fourth-order valence-electron chi connectivity index (χ4n) is 3.72. The standard InChI is InChI=1S/C23H29NO3/c1-23(2,19-10-14-21(25)15-11-19)18-8-12-20(13-9-18)24-22(26)27-16-17-6-4-3-5-7-17/h8-15,17,25H,3-7,16H2,1-2H3,(H,24,26). The van der Waals surface area contributed by atoms with Crippen molar-refractivity contribution in [3.63, 3.8) is 0 Å². The zero-order chi connectivity index (χ0) is 19.3. The number of ether oxygens (including phenoxy) is 1. The van der Waals surface area contributed by atoms with Gasteiger partial charge in [0.2, 0.25) is 0 Å². The molecule has 1 saturated carbocycles. The van der Waals surface area contributed by atoms with Gasteiger partial charge < -0.3 is 9.84 Å². The number of carbonyl (C=O) groups is 1. The molecule has 0 bridgehead atoms. The number of benzene rings is 2. The van der Waals surface area contributed by atoms with Crippen LogP contribution >= 0.6 is 0 Å². The second kappa shape index (κ2) is 8.47. The first-order valence-corrected chi connectivity index (χ1v) is 9.79. The lowest BCUT2D eigenvalue weighted by molar-refractivity contribution is 0.128. The molecule has 1 fully saturated rings. The molecule has 2 aromatic carbocycles. The van der Waals surface area contributed by atoms with Crippen molar-refractivity contribution in [1.82, 2.24) is 0 Å². The summed E-state index contributed by atoms with van der Waals surface area (Å²) in [5.74, 6) is 0.777. The first-order valence-electron chi connectivity index (χ1n) is 9.79. The molecular weight excluding hydrogens is 338 g/mol. The summed E-state index contributed by atoms with van der Waals surface area (Å²) in [6, 6.07) is 15.1. The van der Waals surface area contributed by atoms with E-state index < -0.39 is 0 Å². The molecule has 0 atom stereocenters. The normalized spacial score (nSPS) is 15.3. The van der Waals surface area contributed by atoms with E-state index in [0.717, 1.165) is 29.7 Å². The molecule has 0 heterocycles. The number of rotatable bonds is 5. The zero-order valence-electron chi connectivity index (χ0n) is 16.2. The van der Waals surface area contributed by atoms with Crippen LogP contribution in [0.25, 0.3) is 0 Å². The van der Waals surface area contributed by atoms with Gasteiger partial charge >= 0.3 is 6.09 Å². The number of nitrogens with one attached hydrogen (secondary N) is 1. The molecule has 2 N–H and O–H groups in total. The number of hydrogen-bond donors (Lipinski definition) is 2. The molecule has 27 heavy (non-hydrogen) atoms. The summed E-state index contributed by atoms with van der Waals surface area (Å²) >= 11 is 0. The van der Waals surface area contributed by atoms with Crippen LogP contribution in [0.2, 0.25) is 0 Å². The third kappa shape index (κ3) is 5.03. The molecule has 3 rings (SSSR count). The average Bonchev–Trinajstić information content (AvgIpc) is 2.68. The Labute approximate surface area is 161 Å². The van der Waals surface area contributed by atoms with E-state index in [1.54, 1.807) is 12.1 Å². The fraction of sp³-hybridized carbons (Fsp3) is 0.435. The second-order valence-corrected chi connectivity index (χ2v) is 7.98. The van der Waals surface area contributed by atoms with Gasteiger partial charge in [0.05, 0.1) is 6.61 Å². The highest BCUT2D eigenvalue weighted by Gasteiger charge is 2.23. The SMILES string of the molecule is CC(C)(c1ccc(O)cc1)c1ccc(NC(=O)OCC2CCCCC2)cc1. The largest absolute Gasteiger partial charge is 0.508 e. The summed E-state index contributed by atoms with van der Waals surface area (Å²) in [6.45, 7) is 4.79. The van der Waals surface area contributed by atoms with Crippen LogP contribution in [-0.4, -0.2) is 17.8 Å². The van der Waals surface area contributed by atoms with Gasteiger partial charge in [-0.25, -0.2) is 4.79 Å². The number of phenolic OH excluding ortho intramolecular Hbond substituents is 1. The first-order chi connectivity index (χ1) is 12.9. The Morgan fingerprint density at radius 1 is 1.00 bits per heavy atom. The quantitative estimate of drug-likeness (QED) is 0.697. The van der Waals surface area contributed by atoms with E-state index in [4.69, 9.17) is 4.74 Å². The monoisotopic (exact) mass is 367 g/mol. The Kier molecular flexibility index (Phi) is 6.04. The first kappa shape index (κ1) is 19.3. The van der Waals surface area contributed by atoms with Crippen molar-refractivity contribution in [2.24, 2.45) is 5.92 Å². The van der Waals surface area contributed by atoms with Crippen molar-refractivity contribution in [3.05, 3.63) is 59.7 Å². The number of hydrogen-bond acceptors (Lipinski definition) is 3. The van der Waals surface area contributed by atoms with Gasteiger partial charge in [-0.05, 0) is 54.2 Å². The summed E-state index contributed by atoms with van der Waals surface area (Å²) in [5.41, 5.74) is 2.78. The van der Waals surface area contributed by atoms with E-state index in [-0.39, 0.29) is 17.3 Å². The van der Waals surface area contributed by atoms with Crippen molar-refractivity contribution >= 4 is 11.8 Å². The third-order valence-corrected chi connectivity index (χ3v) is 5.62. The fourth-order valence-corrected chi connectivity index (χ4v) is 3.72. The summed E-state index contributed by atoms with van der Waals surface area (Å²) in [6.07, 6.45) is 5.73. The minimum Gasteiger partial charge on any atom is -0.508 e. The van der Waals surface area contributed by atoms with Crippen LogP contribution in [0.1, 0.15) is 57.1 Å². The van der Waals surface area contributed by atoms with Crippen molar-refractivity contribution < 1.29 is 14.6 Å². The number of anilines is 1. The Balaban J connectivity index is 1.57. The van der Waals surface area contributed by atoms with Crippen LogP contribution in [0.4, 0.5) is 10.5 Å². The third-order valence-electron chi connectivity index (χ3n) is 5.62. The number of carbonyl (C=O) groups excluding carboxylic acids is 1. The van der Waals surface area contributed by atoms with Crippen molar-refractivity contribution in [2.75, 3.05) is 11.9 Å². The maximum atomic E-state index is 12.0. The topological polar surface area (TPSA) is 58.6 Å². The summed E-state index contributed by atoms with van der Waals surface area (Å²) in [7, 11) is 0. The summed E-state index contributed by atoms with van der Waals surface area (Å²) < 4.78 is 5.39. The molecule has 0 saturated heterocycles. The molecule has 0 aliphatic heterocycles. The lowest BCUT2D eigenvalue weighted by Gasteiger charge is -2.26. The van der Waals surface area contributed by atoms with Gasteiger partial charge in [0.25, 0.3) is 0 Å². The van der Waals surface area contributed by atoms with E-state index in [9.17, 15) is 9.90 Å². The highest BCUT2D eigenvalue weighted by Crippen LogP contribution is 2.33. The molecule has 144 valence electrons. The average molecular weight is 367 g/mol. The number of phenols is 1. The van der Waals surface area contributed by atoms with E-state index in [1.807, 2.05) is 36.4 Å². The molecule has 2 aromatic rings. The van der Waals surface area contributed by atoms with Crippen LogP contribution in [0.3, 0.4) is 0 Å². The highest BCUT2D eigenvalue weighted by molar-refractivity contribution is 5.84. The molecule has 4 heteroatoms. The molecule has 1 aliphatic carbocycles. The molecule has 1 amide bonds. The van der Waals surface area contributed by atoms with Crippen molar-refractivity contribution in [2.45, 2.75) is 51.4 Å². The Hall–Kier alpha value is -2.49. The molecule has 0 spiro atoms. The van der Waals surface area contributed by atoms with E-state index in [2.05, 4.69) is 19.2 Å². The zero-order valence-corrected chi connectivity index (χ0v) is 16.2. The maximum Gasteiger partial charge on any atom is 0.411 e. The molecule has 0 aromatic heterocycles. The minimum atomic E-state index is -0.383. The highest BCUT2D eigenvalue weighted by atomic mass is 16.5. The van der Waals surface area contributed by atoms with E-state index in [1.165, 1.54) is 19.3 Å². The van der Waals surface area contributed by atoms with Gasteiger partial charge in [-0.3, -0.25) is 5.32 Å². The Morgan fingerprint density at radius 3 is 2.15 bits per heavy atom. The van der Waals surface area contributed by atoms with Crippen molar-refractivity contribution in [1.29, 1.82) is 0 Å². The molecule has 0 unspecified atom stereocenters. The number of aromatic hydroxyl groups is 1. The summed E-state index contributed by atoms with van der Waals surface area (Å²) in [4.78, 5) is 12.0. The van der Waals surface area contributed by atoms with Gasteiger partial charge in [-0.15, -0.1) is 0 Å². The van der Waals surface area contributed by atoms with E-state index >= 15 is 0 Å². The predicted molar refractivity (Wildman–Crippen MR) is 108 cm³/mol. The smallest absolute Gasteiger partial charge is 0.411 e. The Morgan fingerprint density at radius 2 is 1.56 bits per heavy atom. The number of amides is 1. The predicted octanol–water partition coefficient (Wildman–Crippen LogP) is 5.85. The second-order valence-electron chi connectivity index (χ2n) is 7.98. The van der Waals surface area contributed by atoms with Crippen LogP contribution in [-0.2, 0) is 10.2 Å². The summed E-state index contributed by atoms with van der Waals surface area (Å²) in [5, 5.41) is 12.3. The van der Waals surface area contributed by atoms with Crippen LogP contribution in [0.5, 0.6) is 5.75 Å². The van der Waals surface area contributed by atoms with Gasteiger partial charge in [0.15, 0.2) is 0 Å². The molecule has 4 nitrogen and oxygen atoms in total. The van der Waals surface area contributed by atoms with Gasteiger partial charge in [0, 0.05) is 11.1 Å². The van der Waals surface area contributed by atoms with Gasteiger partial charge in [-0.2, -0.15) is 0 Å². The van der Waals surface area contributed by atoms with E-state index in [0.29, 0.717) is 12.5 Å². The molecule has 0 radical (unpaired) electrons. The Bertz CT molecular complexity index is 744. The molecule has 1 aliphatic rings. The van der Waals surface area contributed by atoms with Crippen LogP contribution in [0.15, 0.2) is 48.5 Å². The lowest BCUT2D eigenvalue weighted by atomic mass is 9.78. The van der Waals surface area contributed by atoms with Crippen molar-refractivity contribution in [3.8, 4) is 5.75 Å². The van der Waals surface area contributed by atoms with Crippen LogP contribution in [0, 0.1) is 5.92 Å². The maximum absolute atomic E-state index is 12.0. The lowest BCUT2D eigenvalue weighted by Crippen LogP contribution is -2.21.